The Morgan fingerprint density at radius 2 is 2.00 bits per heavy atom. The van der Waals surface area contributed by atoms with Crippen molar-refractivity contribution in [2.24, 2.45) is 0 Å². The van der Waals surface area contributed by atoms with Crippen molar-refractivity contribution in [2.45, 2.75) is 38.3 Å². The zero-order valence-electron chi connectivity index (χ0n) is 12.3. The first-order chi connectivity index (χ1) is 10.4. The fraction of sp³-hybridized carbons (Fsp3) is 0.389. The molecule has 0 radical (unpaired) electrons. The Morgan fingerprint density at radius 3 is 2.81 bits per heavy atom. The van der Waals surface area contributed by atoms with Crippen molar-refractivity contribution < 1.29 is 4.74 Å². The monoisotopic (exact) mass is 282 g/mol. The number of nitrogens with one attached hydrogen (secondary N) is 1. The average molecular weight is 282 g/mol. The Balaban J connectivity index is 1.41. The maximum atomic E-state index is 5.82. The van der Waals surface area contributed by atoms with Crippen LogP contribution >= 0.6 is 0 Å². The standard InChI is InChI=1S/C18H22N2O/c1-2-5-15(6-3-1)7-4-12-21-18-10-11-19-17(13-18)14-20-16-8-9-16/h1-3,5-6,10-11,13,16,20H,4,7-9,12,14H2. The maximum absolute atomic E-state index is 5.82. The van der Waals surface area contributed by atoms with Crippen LogP contribution in [-0.2, 0) is 13.0 Å². The van der Waals surface area contributed by atoms with E-state index in [0.717, 1.165) is 37.4 Å². The van der Waals surface area contributed by atoms with Crippen molar-refractivity contribution in [3.63, 3.8) is 0 Å². The molecular weight excluding hydrogens is 260 g/mol. The van der Waals surface area contributed by atoms with Crippen LogP contribution in [0.5, 0.6) is 5.75 Å². The molecule has 2 aromatic rings. The molecule has 0 unspecified atom stereocenters. The van der Waals surface area contributed by atoms with Crippen LogP contribution in [-0.4, -0.2) is 17.6 Å². The summed E-state index contributed by atoms with van der Waals surface area (Å²) in [7, 11) is 0. The van der Waals surface area contributed by atoms with Crippen molar-refractivity contribution in [1.29, 1.82) is 0 Å². The van der Waals surface area contributed by atoms with Gasteiger partial charge in [0, 0.05) is 24.8 Å². The predicted molar refractivity (Wildman–Crippen MR) is 84.4 cm³/mol. The summed E-state index contributed by atoms with van der Waals surface area (Å²) < 4.78 is 5.82. The molecule has 110 valence electrons. The second kappa shape index (κ2) is 7.23. The lowest BCUT2D eigenvalue weighted by molar-refractivity contribution is 0.310. The molecule has 1 aromatic heterocycles. The third-order valence-corrected chi connectivity index (χ3v) is 3.66. The average Bonchev–Trinajstić information content (AvgIpc) is 3.35. The van der Waals surface area contributed by atoms with E-state index in [0.29, 0.717) is 6.04 Å². The highest BCUT2D eigenvalue weighted by molar-refractivity contribution is 5.22. The summed E-state index contributed by atoms with van der Waals surface area (Å²) in [6.07, 6.45) is 6.52. The van der Waals surface area contributed by atoms with Crippen LogP contribution in [0.3, 0.4) is 0 Å². The van der Waals surface area contributed by atoms with Crippen LogP contribution in [0, 0.1) is 0 Å². The number of pyridine rings is 1. The van der Waals surface area contributed by atoms with Crippen LogP contribution < -0.4 is 10.1 Å². The molecule has 1 N–H and O–H groups in total. The third-order valence-electron chi connectivity index (χ3n) is 3.66. The van der Waals surface area contributed by atoms with E-state index in [9.17, 15) is 0 Å². The molecule has 1 fully saturated rings. The number of benzene rings is 1. The molecule has 1 saturated carbocycles. The van der Waals surface area contributed by atoms with Crippen molar-refractivity contribution in [1.82, 2.24) is 10.3 Å². The third kappa shape index (κ3) is 4.87. The summed E-state index contributed by atoms with van der Waals surface area (Å²) in [6.45, 7) is 1.58. The van der Waals surface area contributed by atoms with Gasteiger partial charge < -0.3 is 10.1 Å². The topological polar surface area (TPSA) is 34.1 Å². The first kappa shape index (κ1) is 14.1. The Hall–Kier alpha value is -1.87. The molecule has 1 aliphatic rings. The van der Waals surface area contributed by atoms with E-state index < -0.39 is 0 Å². The molecule has 1 aromatic carbocycles. The van der Waals surface area contributed by atoms with E-state index in [1.165, 1.54) is 18.4 Å². The largest absolute Gasteiger partial charge is 0.493 e. The summed E-state index contributed by atoms with van der Waals surface area (Å²) in [6, 6.07) is 15.2. The number of ether oxygens (including phenoxy) is 1. The maximum Gasteiger partial charge on any atom is 0.122 e. The quantitative estimate of drug-likeness (QED) is 0.754. The highest BCUT2D eigenvalue weighted by Crippen LogP contribution is 2.19. The van der Waals surface area contributed by atoms with E-state index in [1.807, 2.05) is 24.4 Å². The molecule has 0 aliphatic heterocycles. The van der Waals surface area contributed by atoms with E-state index in [-0.39, 0.29) is 0 Å². The summed E-state index contributed by atoms with van der Waals surface area (Å²) in [4.78, 5) is 4.37. The van der Waals surface area contributed by atoms with E-state index >= 15 is 0 Å². The van der Waals surface area contributed by atoms with Crippen LogP contribution in [0.1, 0.15) is 30.5 Å². The van der Waals surface area contributed by atoms with E-state index in [2.05, 4.69) is 34.6 Å². The molecule has 3 rings (SSSR count). The first-order valence-electron chi connectivity index (χ1n) is 7.75. The second-order valence-electron chi connectivity index (χ2n) is 5.58. The lowest BCUT2D eigenvalue weighted by atomic mass is 10.1. The van der Waals surface area contributed by atoms with E-state index in [1.54, 1.807) is 0 Å². The summed E-state index contributed by atoms with van der Waals surface area (Å²) in [5, 5.41) is 3.47. The van der Waals surface area contributed by atoms with Crippen LogP contribution in [0.15, 0.2) is 48.7 Å². The molecule has 1 heterocycles. The van der Waals surface area contributed by atoms with Crippen LogP contribution in [0.4, 0.5) is 0 Å². The minimum Gasteiger partial charge on any atom is -0.493 e. The minimum atomic E-state index is 0.710. The van der Waals surface area contributed by atoms with Gasteiger partial charge in [0.25, 0.3) is 0 Å². The molecule has 0 spiro atoms. The summed E-state index contributed by atoms with van der Waals surface area (Å²) in [5.41, 5.74) is 2.42. The first-order valence-corrected chi connectivity index (χ1v) is 7.75. The number of hydrogen-bond donors (Lipinski definition) is 1. The number of aromatic nitrogens is 1. The van der Waals surface area contributed by atoms with Gasteiger partial charge in [-0.25, -0.2) is 0 Å². The fourth-order valence-electron chi connectivity index (χ4n) is 2.29. The molecular formula is C18H22N2O. The molecule has 0 amide bonds. The zero-order chi connectivity index (χ0) is 14.3. The van der Waals surface area contributed by atoms with Crippen molar-refractivity contribution >= 4 is 0 Å². The fourth-order valence-corrected chi connectivity index (χ4v) is 2.29. The second-order valence-corrected chi connectivity index (χ2v) is 5.58. The highest BCUT2D eigenvalue weighted by atomic mass is 16.5. The smallest absolute Gasteiger partial charge is 0.122 e. The summed E-state index contributed by atoms with van der Waals surface area (Å²) in [5.74, 6) is 0.922. The number of aryl methyl sites for hydroxylation is 1. The van der Waals surface area contributed by atoms with Gasteiger partial charge in [-0.3, -0.25) is 4.98 Å². The van der Waals surface area contributed by atoms with Gasteiger partial charge in [-0.15, -0.1) is 0 Å². The number of nitrogens with zero attached hydrogens (tertiary/aromatic N) is 1. The van der Waals surface area contributed by atoms with Gasteiger partial charge in [0.2, 0.25) is 0 Å². The lowest BCUT2D eigenvalue weighted by Gasteiger charge is -2.08. The predicted octanol–water partition coefficient (Wildman–Crippen LogP) is 3.35. The Morgan fingerprint density at radius 1 is 1.14 bits per heavy atom. The number of hydrogen-bond acceptors (Lipinski definition) is 3. The van der Waals surface area contributed by atoms with Gasteiger partial charge in [-0.2, -0.15) is 0 Å². The van der Waals surface area contributed by atoms with Gasteiger partial charge in [-0.1, -0.05) is 30.3 Å². The molecule has 21 heavy (non-hydrogen) atoms. The molecule has 3 nitrogen and oxygen atoms in total. The normalized spacial score (nSPS) is 14.1. The highest BCUT2D eigenvalue weighted by Gasteiger charge is 2.20. The molecule has 0 atom stereocenters. The summed E-state index contributed by atoms with van der Waals surface area (Å²) >= 11 is 0. The van der Waals surface area contributed by atoms with Crippen LogP contribution in [0.2, 0.25) is 0 Å². The molecule has 0 bridgehead atoms. The number of rotatable bonds is 8. The van der Waals surface area contributed by atoms with Gasteiger partial charge in [-0.05, 0) is 37.3 Å². The van der Waals surface area contributed by atoms with Gasteiger partial charge in [0.1, 0.15) is 5.75 Å². The zero-order valence-corrected chi connectivity index (χ0v) is 12.3. The van der Waals surface area contributed by atoms with Gasteiger partial charge in [0.05, 0.1) is 12.3 Å². The molecule has 0 saturated heterocycles. The molecule has 1 aliphatic carbocycles. The SMILES string of the molecule is c1ccc(CCCOc2ccnc(CNC3CC3)c2)cc1. The van der Waals surface area contributed by atoms with Crippen molar-refractivity contribution in [3.8, 4) is 5.75 Å². The van der Waals surface area contributed by atoms with Crippen LogP contribution in [0.25, 0.3) is 0 Å². The molecule has 3 heteroatoms. The minimum absolute atomic E-state index is 0.710. The van der Waals surface area contributed by atoms with Crippen molar-refractivity contribution in [3.05, 3.63) is 59.9 Å². The lowest BCUT2D eigenvalue weighted by Crippen LogP contribution is -2.16. The van der Waals surface area contributed by atoms with Gasteiger partial charge in [0.15, 0.2) is 0 Å². The Labute approximate surface area is 126 Å². The van der Waals surface area contributed by atoms with E-state index in [4.69, 9.17) is 4.74 Å². The van der Waals surface area contributed by atoms with Crippen molar-refractivity contribution in [2.75, 3.05) is 6.61 Å². The Kier molecular flexibility index (Phi) is 4.85. The van der Waals surface area contributed by atoms with Gasteiger partial charge >= 0.3 is 0 Å². The Bertz CT molecular complexity index is 552.